The highest BCUT2D eigenvalue weighted by molar-refractivity contribution is 5.45. The molecule has 0 spiro atoms. The van der Waals surface area contributed by atoms with E-state index in [4.69, 9.17) is 0 Å². The van der Waals surface area contributed by atoms with Gasteiger partial charge in [0.25, 0.3) is 0 Å². The lowest BCUT2D eigenvalue weighted by Crippen LogP contribution is -2.26. The van der Waals surface area contributed by atoms with Crippen LogP contribution in [0.3, 0.4) is 0 Å². The van der Waals surface area contributed by atoms with Crippen LogP contribution in [0.25, 0.3) is 0 Å². The van der Waals surface area contributed by atoms with Gasteiger partial charge >= 0.3 is 0 Å². The molecule has 0 bridgehead atoms. The molecule has 0 saturated carbocycles. The second-order valence-corrected chi connectivity index (χ2v) is 4.40. The Balaban J connectivity index is 2.48. The molecule has 0 aliphatic rings. The van der Waals surface area contributed by atoms with E-state index in [0.717, 1.165) is 19.6 Å². The Morgan fingerprint density at radius 3 is 2.19 bits per heavy atom. The van der Waals surface area contributed by atoms with Gasteiger partial charge in [-0.1, -0.05) is 12.1 Å². The molecule has 0 radical (unpaired) electrons. The maximum Gasteiger partial charge on any atom is 0.0361 e. The lowest BCUT2D eigenvalue weighted by molar-refractivity contribution is 0.328. The van der Waals surface area contributed by atoms with Gasteiger partial charge in [0, 0.05) is 39.4 Å². The van der Waals surface area contributed by atoms with E-state index in [1.807, 2.05) is 7.05 Å². The minimum Gasteiger partial charge on any atom is -0.378 e. The first-order chi connectivity index (χ1) is 7.63. The Hall–Kier alpha value is -1.06. The monoisotopic (exact) mass is 221 g/mol. The Kier molecular flexibility index (Phi) is 5.29. The van der Waals surface area contributed by atoms with Crippen LogP contribution in [0.4, 0.5) is 5.69 Å². The molecule has 16 heavy (non-hydrogen) atoms. The first-order valence-corrected chi connectivity index (χ1v) is 5.73. The molecule has 0 unspecified atom stereocenters. The van der Waals surface area contributed by atoms with Crippen LogP contribution in [-0.4, -0.2) is 46.2 Å². The molecule has 0 saturated heterocycles. The number of anilines is 1. The molecule has 0 aliphatic heterocycles. The Morgan fingerprint density at radius 2 is 1.69 bits per heavy atom. The van der Waals surface area contributed by atoms with Crippen molar-refractivity contribution in [1.82, 2.24) is 10.2 Å². The molecular formula is C13H23N3. The van der Waals surface area contributed by atoms with Crippen molar-refractivity contribution in [3.8, 4) is 0 Å². The average molecular weight is 221 g/mol. The van der Waals surface area contributed by atoms with Crippen LogP contribution in [0.1, 0.15) is 5.56 Å². The molecule has 0 aliphatic carbocycles. The third kappa shape index (κ3) is 4.21. The van der Waals surface area contributed by atoms with E-state index in [9.17, 15) is 0 Å². The maximum absolute atomic E-state index is 3.16. The van der Waals surface area contributed by atoms with E-state index in [1.54, 1.807) is 0 Å². The second kappa shape index (κ2) is 6.51. The van der Waals surface area contributed by atoms with Crippen LogP contribution >= 0.6 is 0 Å². The smallest absolute Gasteiger partial charge is 0.0361 e. The molecule has 90 valence electrons. The fourth-order valence-electron chi connectivity index (χ4n) is 1.59. The highest BCUT2D eigenvalue weighted by Crippen LogP contribution is 2.13. The summed E-state index contributed by atoms with van der Waals surface area (Å²) >= 11 is 0. The highest BCUT2D eigenvalue weighted by atomic mass is 15.1. The molecule has 0 amide bonds. The van der Waals surface area contributed by atoms with Gasteiger partial charge in [0.05, 0.1) is 0 Å². The van der Waals surface area contributed by atoms with Gasteiger partial charge < -0.3 is 15.1 Å². The third-order valence-electron chi connectivity index (χ3n) is 2.65. The predicted molar refractivity (Wildman–Crippen MR) is 71.0 cm³/mol. The third-order valence-corrected chi connectivity index (χ3v) is 2.65. The van der Waals surface area contributed by atoms with E-state index in [1.165, 1.54) is 11.3 Å². The summed E-state index contributed by atoms with van der Waals surface area (Å²) in [6, 6.07) is 8.74. The standard InChI is InChI=1S/C13H23N3/c1-14-9-10-16(4)11-12-5-7-13(8-6-12)15(2)3/h5-8,14H,9-11H2,1-4H3. The number of likely N-dealkylation sites (N-methyl/N-ethyl adjacent to an activating group) is 2. The van der Waals surface area contributed by atoms with Gasteiger partial charge in [-0.2, -0.15) is 0 Å². The van der Waals surface area contributed by atoms with Crippen molar-refractivity contribution in [1.29, 1.82) is 0 Å². The van der Waals surface area contributed by atoms with Crippen LogP contribution in [0.2, 0.25) is 0 Å². The number of hydrogen-bond acceptors (Lipinski definition) is 3. The highest BCUT2D eigenvalue weighted by Gasteiger charge is 2.00. The predicted octanol–water partition coefficient (Wildman–Crippen LogP) is 1.40. The molecule has 0 heterocycles. The minimum absolute atomic E-state index is 1.01. The van der Waals surface area contributed by atoms with Crippen LogP contribution in [0, 0.1) is 0 Å². The number of nitrogens with zero attached hydrogens (tertiary/aromatic N) is 2. The van der Waals surface area contributed by atoms with Crippen molar-refractivity contribution in [2.24, 2.45) is 0 Å². The van der Waals surface area contributed by atoms with Crippen molar-refractivity contribution >= 4 is 5.69 Å². The van der Waals surface area contributed by atoms with E-state index >= 15 is 0 Å². The number of benzene rings is 1. The first kappa shape index (κ1) is 13.0. The fraction of sp³-hybridized carbons (Fsp3) is 0.538. The van der Waals surface area contributed by atoms with Crippen molar-refractivity contribution in [3.05, 3.63) is 29.8 Å². The van der Waals surface area contributed by atoms with Crippen LogP contribution in [0.5, 0.6) is 0 Å². The van der Waals surface area contributed by atoms with Crippen molar-refractivity contribution in [2.75, 3.05) is 46.2 Å². The molecular weight excluding hydrogens is 198 g/mol. The summed E-state index contributed by atoms with van der Waals surface area (Å²) in [6.07, 6.45) is 0. The summed E-state index contributed by atoms with van der Waals surface area (Å²) in [4.78, 5) is 4.44. The minimum atomic E-state index is 1.01. The van der Waals surface area contributed by atoms with Gasteiger partial charge in [-0.3, -0.25) is 0 Å². The van der Waals surface area contributed by atoms with Gasteiger partial charge in [-0.25, -0.2) is 0 Å². The number of rotatable bonds is 6. The largest absolute Gasteiger partial charge is 0.378 e. The van der Waals surface area contributed by atoms with Crippen LogP contribution in [-0.2, 0) is 6.54 Å². The van der Waals surface area contributed by atoms with E-state index in [-0.39, 0.29) is 0 Å². The molecule has 1 rings (SSSR count). The lowest BCUT2D eigenvalue weighted by atomic mass is 10.2. The Bertz CT molecular complexity index is 293. The zero-order valence-electron chi connectivity index (χ0n) is 10.8. The maximum atomic E-state index is 3.16. The van der Waals surface area contributed by atoms with Gasteiger partial charge in [0.2, 0.25) is 0 Å². The van der Waals surface area contributed by atoms with Crippen molar-refractivity contribution in [3.63, 3.8) is 0 Å². The SMILES string of the molecule is CNCCN(C)Cc1ccc(N(C)C)cc1. The summed E-state index contributed by atoms with van der Waals surface area (Å²) in [5, 5.41) is 3.16. The topological polar surface area (TPSA) is 18.5 Å². The zero-order chi connectivity index (χ0) is 12.0. The van der Waals surface area contributed by atoms with Gasteiger partial charge in [0.15, 0.2) is 0 Å². The first-order valence-electron chi connectivity index (χ1n) is 5.73. The summed E-state index contributed by atoms with van der Waals surface area (Å²) < 4.78 is 0. The molecule has 0 atom stereocenters. The van der Waals surface area contributed by atoms with Gasteiger partial charge in [0.1, 0.15) is 0 Å². The summed E-state index contributed by atoms with van der Waals surface area (Å²) in [7, 11) is 8.26. The zero-order valence-corrected chi connectivity index (χ0v) is 10.8. The average Bonchev–Trinajstić information content (AvgIpc) is 2.27. The van der Waals surface area contributed by atoms with Crippen LogP contribution in [0.15, 0.2) is 24.3 Å². The quantitative estimate of drug-likeness (QED) is 0.783. The summed E-state index contributed by atoms with van der Waals surface area (Å²) in [5.41, 5.74) is 2.62. The lowest BCUT2D eigenvalue weighted by Gasteiger charge is -2.17. The molecule has 3 nitrogen and oxygen atoms in total. The molecule has 0 aromatic heterocycles. The number of hydrogen-bond donors (Lipinski definition) is 1. The molecule has 0 fully saturated rings. The summed E-state index contributed by atoms with van der Waals surface area (Å²) in [6.45, 7) is 3.12. The van der Waals surface area contributed by atoms with E-state index < -0.39 is 0 Å². The van der Waals surface area contributed by atoms with Crippen molar-refractivity contribution in [2.45, 2.75) is 6.54 Å². The summed E-state index contributed by atoms with van der Waals surface area (Å²) in [5.74, 6) is 0. The fourth-order valence-corrected chi connectivity index (χ4v) is 1.59. The normalized spacial score (nSPS) is 10.8. The Labute approximate surface area is 99.1 Å². The van der Waals surface area contributed by atoms with Gasteiger partial charge in [-0.15, -0.1) is 0 Å². The molecule has 1 N–H and O–H groups in total. The Morgan fingerprint density at radius 1 is 1.06 bits per heavy atom. The van der Waals surface area contributed by atoms with Crippen LogP contribution < -0.4 is 10.2 Å². The second-order valence-electron chi connectivity index (χ2n) is 4.40. The number of nitrogens with one attached hydrogen (secondary N) is 1. The van der Waals surface area contributed by atoms with Crippen molar-refractivity contribution < 1.29 is 0 Å². The van der Waals surface area contributed by atoms with Gasteiger partial charge in [-0.05, 0) is 31.8 Å². The molecule has 1 aromatic carbocycles. The van der Waals surface area contributed by atoms with E-state index in [2.05, 4.69) is 60.5 Å². The van der Waals surface area contributed by atoms with E-state index in [0.29, 0.717) is 0 Å². The molecule has 1 aromatic rings. The molecule has 3 heteroatoms.